The minimum atomic E-state index is -0.121. The molecule has 2 aliphatic heterocycles. The molecule has 6 nitrogen and oxygen atoms in total. The van der Waals surface area contributed by atoms with Crippen LogP contribution < -0.4 is 10.9 Å². The van der Waals surface area contributed by atoms with E-state index in [2.05, 4.69) is 16.3 Å². The predicted molar refractivity (Wildman–Crippen MR) is 137 cm³/mol. The van der Waals surface area contributed by atoms with Gasteiger partial charge in [0, 0.05) is 42.2 Å². The summed E-state index contributed by atoms with van der Waals surface area (Å²) < 4.78 is 2.64. The number of nitrogens with zero attached hydrogens (tertiary/aromatic N) is 3. The molecule has 9 heteroatoms. The Balaban J connectivity index is 1.20. The molecule has 2 atom stereocenters. The normalized spacial score (nSPS) is 21.4. The third-order valence-corrected chi connectivity index (χ3v) is 9.58. The van der Waals surface area contributed by atoms with E-state index in [1.54, 1.807) is 17.4 Å². The average molecular weight is 499 g/mol. The van der Waals surface area contributed by atoms with Crippen LogP contribution in [0.5, 0.6) is 0 Å². The molecule has 1 saturated heterocycles. The van der Waals surface area contributed by atoms with Gasteiger partial charge in [-0.1, -0.05) is 36.5 Å². The predicted octanol–water partition coefficient (Wildman–Crippen LogP) is 4.13. The first-order valence-corrected chi connectivity index (χ1v) is 13.7. The van der Waals surface area contributed by atoms with Crippen LogP contribution in [-0.4, -0.2) is 38.5 Å². The van der Waals surface area contributed by atoms with Crippen molar-refractivity contribution in [2.45, 2.75) is 51.0 Å². The zero-order valence-corrected chi connectivity index (χ0v) is 20.8. The highest BCUT2D eigenvalue weighted by atomic mass is 32.2. The highest BCUT2D eigenvalue weighted by Gasteiger charge is 2.35. The maximum Gasteiger partial charge on any atom is 0.250 e. The van der Waals surface area contributed by atoms with Gasteiger partial charge >= 0.3 is 0 Å². The van der Waals surface area contributed by atoms with Crippen molar-refractivity contribution in [2.24, 2.45) is 5.92 Å². The van der Waals surface area contributed by atoms with E-state index in [-0.39, 0.29) is 17.2 Å². The summed E-state index contributed by atoms with van der Waals surface area (Å²) in [7, 11) is 0. The van der Waals surface area contributed by atoms with Gasteiger partial charge in [0.1, 0.15) is 15.4 Å². The first-order chi connectivity index (χ1) is 16.0. The van der Waals surface area contributed by atoms with E-state index in [9.17, 15) is 14.9 Å². The van der Waals surface area contributed by atoms with Crippen molar-refractivity contribution in [2.75, 3.05) is 24.2 Å². The Labute approximate surface area is 207 Å². The zero-order valence-electron chi connectivity index (χ0n) is 18.3. The highest BCUT2D eigenvalue weighted by molar-refractivity contribution is 8.23. The van der Waals surface area contributed by atoms with Crippen LogP contribution in [0.15, 0.2) is 23.0 Å². The van der Waals surface area contributed by atoms with Gasteiger partial charge in [-0.2, -0.15) is 5.26 Å². The van der Waals surface area contributed by atoms with E-state index in [0.29, 0.717) is 22.4 Å². The number of fused-ring (bicyclic) bond motifs is 5. The SMILES string of the molecule is N#Cc1c(NC(=O)CSC(=S)N2C[C@H]3C[C@@H](C2)c2cccc(=O)n2C3)sc2c1CCCCC2. The Morgan fingerprint density at radius 3 is 2.94 bits per heavy atom. The van der Waals surface area contributed by atoms with E-state index >= 15 is 0 Å². The molecule has 0 spiro atoms. The van der Waals surface area contributed by atoms with Crippen molar-refractivity contribution >= 4 is 50.5 Å². The standard InChI is InChI=1S/C24H26N4O2S3/c25-10-18-17-5-2-1-3-7-20(17)33-23(18)26-21(29)14-32-24(31)27-11-15-9-16(13-27)19-6-4-8-22(30)28(19)12-15/h4,6,8,15-16H,1-3,5,7,9,11-14H2,(H,26,29)/t15-,16+/m1/s1. The van der Waals surface area contributed by atoms with Gasteiger partial charge in [0.05, 0.1) is 11.3 Å². The maximum absolute atomic E-state index is 12.7. The van der Waals surface area contributed by atoms with Gasteiger partial charge in [-0.3, -0.25) is 9.59 Å². The van der Waals surface area contributed by atoms with Gasteiger partial charge in [0.25, 0.3) is 5.56 Å². The third kappa shape index (κ3) is 4.61. The topological polar surface area (TPSA) is 78.1 Å². The van der Waals surface area contributed by atoms with Crippen LogP contribution in [0.2, 0.25) is 0 Å². The second-order valence-corrected chi connectivity index (χ2v) is 11.8. The molecular formula is C24H26N4O2S3. The van der Waals surface area contributed by atoms with Gasteiger partial charge < -0.3 is 14.8 Å². The largest absolute Gasteiger partial charge is 0.356 e. The number of hydrogen-bond donors (Lipinski definition) is 1. The van der Waals surface area contributed by atoms with Crippen molar-refractivity contribution in [3.05, 3.63) is 50.3 Å². The number of aromatic nitrogens is 1. The van der Waals surface area contributed by atoms with Crippen LogP contribution in [0.1, 0.15) is 53.3 Å². The average Bonchev–Trinajstić information content (AvgIpc) is 2.96. The molecule has 3 aliphatic rings. The molecule has 2 aromatic rings. The Morgan fingerprint density at radius 2 is 2.09 bits per heavy atom. The smallest absolute Gasteiger partial charge is 0.250 e. The zero-order chi connectivity index (χ0) is 22.9. The fraction of sp³-hybridized carbons (Fsp3) is 0.500. The number of thiophene rings is 1. The minimum absolute atomic E-state index is 0.0758. The molecule has 2 aromatic heterocycles. The summed E-state index contributed by atoms with van der Waals surface area (Å²) in [5, 5.41) is 13.3. The molecule has 4 heterocycles. The van der Waals surface area contributed by atoms with Crippen LogP contribution in [-0.2, 0) is 24.2 Å². The summed E-state index contributed by atoms with van der Waals surface area (Å²) >= 11 is 8.63. The van der Waals surface area contributed by atoms with Crippen LogP contribution in [0.25, 0.3) is 0 Å². The molecule has 0 saturated carbocycles. The quantitative estimate of drug-likeness (QED) is 0.507. The van der Waals surface area contributed by atoms with Crippen molar-refractivity contribution in [3.8, 4) is 6.07 Å². The number of amides is 1. The summed E-state index contributed by atoms with van der Waals surface area (Å²) in [5.41, 5.74) is 2.95. The molecule has 2 bridgehead atoms. The molecule has 1 N–H and O–H groups in total. The number of nitrogens with one attached hydrogen (secondary N) is 1. The summed E-state index contributed by atoms with van der Waals surface area (Å²) in [6.45, 7) is 2.33. The number of anilines is 1. The lowest BCUT2D eigenvalue weighted by Crippen LogP contribution is -2.48. The number of piperidine rings is 1. The number of nitriles is 1. The Bertz CT molecular complexity index is 1200. The number of rotatable bonds is 3. The summed E-state index contributed by atoms with van der Waals surface area (Å²) in [5.74, 6) is 0.792. The van der Waals surface area contributed by atoms with Crippen LogP contribution >= 0.6 is 35.3 Å². The van der Waals surface area contributed by atoms with E-state index in [4.69, 9.17) is 12.2 Å². The number of carbonyl (C=O) groups is 1. The molecule has 5 rings (SSSR count). The van der Waals surface area contributed by atoms with Gasteiger partial charge in [0.2, 0.25) is 5.91 Å². The van der Waals surface area contributed by atoms with Gasteiger partial charge in [0.15, 0.2) is 0 Å². The number of aryl methyl sites for hydroxylation is 1. The monoisotopic (exact) mass is 498 g/mol. The van der Waals surface area contributed by atoms with E-state index in [1.165, 1.54) is 23.1 Å². The lowest BCUT2D eigenvalue weighted by Gasteiger charge is -2.43. The lowest BCUT2D eigenvalue weighted by atomic mass is 9.83. The minimum Gasteiger partial charge on any atom is -0.356 e. The molecule has 0 unspecified atom stereocenters. The highest BCUT2D eigenvalue weighted by Crippen LogP contribution is 2.38. The first-order valence-electron chi connectivity index (χ1n) is 11.5. The third-order valence-electron chi connectivity index (χ3n) is 6.85. The van der Waals surface area contributed by atoms with Crippen molar-refractivity contribution in [1.29, 1.82) is 5.26 Å². The van der Waals surface area contributed by atoms with Crippen molar-refractivity contribution < 1.29 is 4.79 Å². The Kier molecular flexibility index (Phi) is 6.59. The fourth-order valence-electron chi connectivity index (χ4n) is 5.38. The molecule has 33 heavy (non-hydrogen) atoms. The fourth-order valence-corrected chi connectivity index (χ4v) is 7.62. The Morgan fingerprint density at radius 1 is 1.24 bits per heavy atom. The number of thioether (sulfide) groups is 1. The summed E-state index contributed by atoms with van der Waals surface area (Å²) in [4.78, 5) is 28.4. The van der Waals surface area contributed by atoms with E-state index in [0.717, 1.165) is 67.3 Å². The van der Waals surface area contributed by atoms with Crippen LogP contribution in [0, 0.1) is 17.2 Å². The summed E-state index contributed by atoms with van der Waals surface area (Å²) in [6.07, 6.45) is 6.45. The molecule has 1 amide bonds. The molecule has 1 aliphatic carbocycles. The van der Waals surface area contributed by atoms with Gasteiger partial charge in [-0.05, 0) is 49.7 Å². The summed E-state index contributed by atoms with van der Waals surface area (Å²) in [6, 6.07) is 7.83. The lowest BCUT2D eigenvalue weighted by molar-refractivity contribution is -0.113. The van der Waals surface area contributed by atoms with E-state index in [1.807, 2.05) is 16.7 Å². The Hall–Kier alpha value is -2.15. The number of carbonyl (C=O) groups excluding carboxylic acids is 1. The van der Waals surface area contributed by atoms with Crippen LogP contribution in [0.4, 0.5) is 5.00 Å². The molecule has 1 fully saturated rings. The molecule has 172 valence electrons. The molecule has 0 radical (unpaired) electrons. The van der Waals surface area contributed by atoms with Crippen molar-refractivity contribution in [3.63, 3.8) is 0 Å². The van der Waals surface area contributed by atoms with Crippen molar-refractivity contribution in [1.82, 2.24) is 9.47 Å². The van der Waals surface area contributed by atoms with Gasteiger partial charge in [-0.25, -0.2) is 0 Å². The second-order valence-electron chi connectivity index (χ2n) is 9.09. The van der Waals surface area contributed by atoms with Crippen LogP contribution in [0.3, 0.4) is 0 Å². The van der Waals surface area contributed by atoms with Gasteiger partial charge in [-0.15, -0.1) is 11.3 Å². The molecular weight excluding hydrogens is 472 g/mol. The number of thiocarbonyl (C=S) groups is 1. The maximum atomic E-state index is 12.7. The van der Waals surface area contributed by atoms with E-state index < -0.39 is 0 Å². The second kappa shape index (κ2) is 9.61. The first kappa shape index (κ1) is 22.6. The number of likely N-dealkylation sites (tertiary alicyclic amines) is 1. The number of pyridine rings is 1. The number of hydrogen-bond acceptors (Lipinski definition) is 6. The molecule has 0 aromatic carbocycles.